The van der Waals surface area contributed by atoms with E-state index >= 15 is 0 Å². The number of piperidine rings is 1. The Morgan fingerprint density at radius 2 is 2.00 bits per heavy atom. The molecule has 0 radical (unpaired) electrons. The van der Waals surface area contributed by atoms with Crippen molar-refractivity contribution in [1.29, 1.82) is 0 Å². The van der Waals surface area contributed by atoms with Gasteiger partial charge in [0.05, 0.1) is 11.1 Å². The van der Waals surface area contributed by atoms with Crippen LogP contribution in [-0.2, 0) is 11.2 Å². The van der Waals surface area contributed by atoms with Gasteiger partial charge in [-0.25, -0.2) is 4.79 Å². The van der Waals surface area contributed by atoms with Crippen molar-refractivity contribution in [2.24, 2.45) is 0 Å². The van der Waals surface area contributed by atoms with Gasteiger partial charge >= 0.3 is 13.1 Å². The second kappa shape index (κ2) is 7.62. The molecule has 1 atom stereocenters. The molecule has 27 heavy (non-hydrogen) atoms. The van der Waals surface area contributed by atoms with Gasteiger partial charge in [-0.15, -0.1) is 0 Å². The Bertz CT molecular complexity index is 731. The molecule has 8 heteroatoms. The van der Waals surface area contributed by atoms with Crippen molar-refractivity contribution in [1.82, 2.24) is 9.80 Å². The minimum absolute atomic E-state index is 0.0383. The number of nitrogens with zero attached hydrogens (tertiary/aromatic N) is 2. The van der Waals surface area contributed by atoms with Gasteiger partial charge in [0.1, 0.15) is 5.75 Å². The highest BCUT2D eigenvalue weighted by Crippen LogP contribution is 2.38. The topological polar surface area (TPSA) is 90.3 Å². The lowest BCUT2D eigenvalue weighted by atomic mass is 9.62. The van der Waals surface area contributed by atoms with Crippen LogP contribution in [0.1, 0.15) is 35.2 Å². The minimum Gasteiger partial charge on any atom is -0.535 e. The summed E-state index contributed by atoms with van der Waals surface area (Å²) in [4.78, 5) is 28.8. The fourth-order valence-electron chi connectivity index (χ4n) is 4.22. The number of hydrogen-bond acceptors (Lipinski definition) is 6. The number of likely N-dealkylation sites (tertiary alicyclic amines) is 1. The van der Waals surface area contributed by atoms with Crippen LogP contribution in [0.4, 0.5) is 0 Å². The summed E-state index contributed by atoms with van der Waals surface area (Å²) in [5.41, 5.74) is 0.242. The van der Waals surface area contributed by atoms with Gasteiger partial charge in [-0.05, 0) is 52.0 Å². The van der Waals surface area contributed by atoms with E-state index in [-0.39, 0.29) is 29.3 Å². The number of ketones is 1. The molecule has 146 valence electrons. The van der Waals surface area contributed by atoms with Crippen molar-refractivity contribution < 1.29 is 24.4 Å². The lowest BCUT2D eigenvalue weighted by Gasteiger charge is -2.45. The van der Waals surface area contributed by atoms with Gasteiger partial charge in [-0.2, -0.15) is 0 Å². The maximum absolute atomic E-state index is 13.2. The fraction of sp³-hybridized carbons (Fsp3) is 0.579. The molecule has 0 amide bonds. The summed E-state index contributed by atoms with van der Waals surface area (Å²) >= 11 is 0. The third-order valence-electron chi connectivity index (χ3n) is 6.09. The molecular weight excluding hydrogens is 347 g/mol. The Balaban J connectivity index is 1.79. The molecular formula is C19H27BN2O5. The summed E-state index contributed by atoms with van der Waals surface area (Å²) in [6.07, 6.45) is 2.16. The molecule has 0 unspecified atom stereocenters. The van der Waals surface area contributed by atoms with Crippen LogP contribution in [0.3, 0.4) is 0 Å². The predicted molar refractivity (Wildman–Crippen MR) is 102 cm³/mol. The van der Waals surface area contributed by atoms with Crippen molar-refractivity contribution in [3.05, 3.63) is 29.3 Å². The number of benzene rings is 1. The summed E-state index contributed by atoms with van der Waals surface area (Å²) in [6, 6.07) is 4.92. The molecule has 2 aliphatic rings. The number of carboxylic acid groups (broad SMARTS) is 1. The summed E-state index contributed by atoms with van der Waals surface area (Å²) in [6.45, 7) is 1.72. The van der Waals surface area contributed by atoms with Crippen LogP contribution >= 0.6 is 0 Å². The van der Waals surface area contributed by atoms with E-state index in [1.165, 1.54) is 6.07 Å². The van der Waals surface area contributed by atoms with Crippen LogP contribution in [0.15, 0.2) is 18.2 Å². The molecule has 1 saturated heterocycles. The molecule has 0 saturated carbocycles. The highest BCUT2D eigenvalue weighted by molar-refractivity contribution is 6.47. The zero-order valence-electron chi connectivity index (χ0n) is 16.1. The Kier molecular flexibility index (Phi) is 5.60. The van der Waals surface area contributed by atoms with E-state index in [4.69, 9.17) is 4.65 Å². The quantitative estimate of drug-likeness (QED) is 0.748. The number of carbonyl (C=O) groups excluding carboxylic acids is 1. The zero-order chi connectivity index (χ0) is 19.8. The van der Waals surface area contributed by atoms with Crippen LogP contribution in [-0.4, -0.2) is 78.6 Å². The second-order valence-electron chi connectivity index (χ2n) is 7.93. The maximum Gasteiger partial charge on any atom is 0.526 e. The minimum atomic E-state index is -1.19. The molecule has 1 aromatic rings. The van der Waals surface area contributed by atoms with Crippen LogP contribution < -0.4 is 4.65 Å². The molecule has 0 bridgehead atoms. The van der Waals surface area contributed by atoms with Crippen molar-refractivity contribution in [3.8, 4) is 5.75 Å². The SMILES string of the molecule is CN1CCC(C(=O)C[C@H]2Cc3cccc(C(=O)O)c3OB2O)(N(C)C)CC1. The van der Waals surface area contributed by atoms with Crippen molar-refractivity contribution >= 4 is 18.9 Å². The first kappa shape index (κ1) is 19.9. The van der Waals surface area contributed by atoms with Gasteiger partial charge in [0.15, 0.2) is 5.78 Å². The molecule has 2 N–H and O–H groups in total. The Morgan fingerprint density at radius 3 is 2.59 bits per heavy atom. The average Bonchev–Trinajstić information content (AvgIpc) is 2.62. The molecule has 2 heterocycles. The lowest BCUT2D eigenvalue weighted by molar-refractivity contribution is -0.132. The standard InChI is InChI=1S/C19H27BN2O5/c1-21(2)19(7-9-22(3)10-8-19)16(23)12-14-11-13-5-4-6-15(18(24)25)17(13)27-20(14)26/h4-6,14,26H,7-12H2,1-3H3,(H,24,25)/t14-/m1/s1. The highest BCUT2D eigenvalue weighted by Gasteiger charge is 2.46. The number of carboxylic acids is 1. The van der Waals surface area contributed by atoms with Gasteiger partial charge in [-0.1, -0.05) is 12.1 Å². The molecule has 1 aromatic carbocycles. The van der Waals surface area contributed by atoms with Crippen molar-refractivity contribution in [2.45, 2.75) is 37.0 Å². The first-order chi connectivity index (χ1) is 12.7. The van der Waals surface area contributed by atoms with E-state index in [2.05, 4.69) is 11.9 Å². The maximum atomic E-state index is 13.2. The first-order valence-corrected chi connectivity index (χ1v) is 9.34. The van der Waals surface area contributed by atoms with Crippen molar-refractivity contribution in [3.63, 3.8) is 0 Å². The van der Waals surface area contributed by atoms with E-state index < -0.39 is 18.6 Å². The van der Waals surface area contributed by atoms with E-state index in [1.807, 2.05) is 19.0 Å². The Morgan fingerprint density at radius 1 is 1.33 bits per heavy atom. The monoisotopic (exact) mass is 374 g/mol. The number of hydrogen-bond donors (Lipinski definition) is 2. The largest absolute Gasteiger partial charge is 0.535 e. The van der Waals surface area contributed by atoms with Gasteiger partial charge in [0.2, 0.25) is 0 Å². The molecule has 0 spiro atoms. The van der Waals surface area contributed by atoms with Crippen LogP contribution in [0, 0.1) is 0 Å². The normalized spacial score (nSPS) is 22.3. The van der Waals surface area contributed by atoms with Gasteiger partial charge in [-0.3, -0.25) is 9.69 Å². The number of likely N-dealkylation sites (N-methyl/N-ethyl adjacent to an activating group) is 1. The van der Waals surface area contributed by atoms with Crippen molar-refractivity contribution in [2.75, 3.05) is 34.2 Å². The summed E-state index contributed by atoms with van der Waals surface area (Å²) in [7, 11) is 4.74. The fourth-order valence-corrected chi connectivity index (χ4v) is 4.22. The molecule has 0 aromatic heterocycles. The zero-order valence-corrected chi connectivity index (χ0v) is 16.1. The number of para-hydroxylation sites is 1. The number of carbonyl (C=O) groups is 2. The average molecular weight is 374 g/mol. The van der Waals surface area contributed by atoms with Crippen LogP contribution in [0.2, 0.25) is 5.82 Å². The van der Waals surface area contributed by atoms with E-state index in [0.29, 0.717) is 6.42 Å². The lowest BCUT2D eigenvalue weighted by Crippen LogP contribution is -2.57. The van der Waals surface area contributed by atoms with Gasteiger partial charge in [0.25, 0.3) is 0 Å². The first-order valence-electron chi connectivity index (χ1n) is 9.34. The Labute approximate surface area is 160 Å². The number of Topliss-reactive ketones (excluding diaryl/α,β-unsaturated/α-hetero) is 1. The highest BCUT2D eigenvalue weighted by atomic mass is 16.5. The molecule has 0 aliphatic carbocycles. The molecule has 2 aliphatic heterocycles. The summed E-state index contributed by atoms with van der Waals surface area (Å²) in [5.74, 6) is -1.15. The van der Waals surface area contributed by atoms with Crippen LogP contribution in [0.5, 0.6) is 5.75 Å². The number of fused-ring (bicyclic) bond motifs is 1. The van der Waals surface area contributed by atoms with Gasteiger partial charge in [0, 0.05) is 25.3 Å². The second-order valence-corrected chi connectivity index (χ2v) is 7.93. The molecule has 3 rings (SSSR count). The summed E-state index contributed by atoms with van der Waals surface area (Å²) < 4.78 is 5.54. The van der Waals surface area contributed by atoms with E-state index in [0.717, 1.165) is 31.5 Å². The predicted octanol–water partition coefficient (Wildman–Crippen LogP) is 1.16. The third kappa shape index (κ3) is 3.74. The molecule has 7 nitrogen and oxygen atoms in total. The van der Waals surface area contributed by atoms with Crippen LogP contribution in [0.25, 0.3) is 0 Å². The Hall–Kier alpha value is -1.90. The smallest absolute Gasteiger partial charge is 0.526 e. The van der Waals surface area contributed by atoms with Gasteiger partial charge < -0.3 is 19.7 Å². The number of rotatable bonds is 5. The third-order valence-corrected chi connectivity index (χ3v) is 6.09. The van der Waals surface area contributed by atoms with E-state index in [9.17, 15) is 19.7 Å². The molecule has 1 fully saturated rings. The van der Waals surface area contributed by atoms with E-state index in [1.54, 1.807) is 12.1 Å². The number of aromatic carboxylic acids is 1. The summed E-state index contributed by atoms with van der Waals surface area (Å²) in [5, 5.41) is 19.7.